The average Bonchev–Trinajstić information content (AvgIpc) is 2.04. The highest BCUT2D eigenvalue weighted by molar-refractivity contribution is 4.95. The van der Waals surface area contributed by atoms with Crippen LogP contribution in [0.1, 0.15) is 6.23 Å². The zero-order chi connectivity index (χ0) is 8.27. The predicted octanol–water partition coefficient (Wildman–Crippen LogP) is 0.525. The largest absolute Gasteiger partial charge is 0.369 e. The molecule has 0 fully saturated rings. The van der Waals surface area contributed by atoms with E-state index in [-0.39, 0.29) is 5.56 Å². The molecule has 3 nitrogen and oxygen atoms in total. The van der Waals surface area contributed by atoms with Crippen molar-refractivity contribution in [2.75, 3.05) is 0 Å². The molecule has 1 heterocycles. The molecule has 1 aromatic rings. The molecule has 0 radical (unpaired) electrons. The summed E-state index contributed by atoms with van der Waals surface area (Å²) in [6, 6.07) is 4.68. The summed E-state index contributed by atoms with van der Waals surface area (Å²) in [7, 11) is 0. The molecule has 58 valence electrons. The van der Waals surface area contributed by atoms with Crippen LogP contribution in [0.3, 0.4) is 0 Å². The second-order valence-electron chi connectivity index (χ2n) is 2.10. The van der Waals surface area contributed by atoms with Crippen molar-refractivity contribution in [3.8, 4) is 0 Å². The molecule has 1 atom stereocenters. The summed E-state index contributed by atoms with van der Waals surface area (Å²) in [6.07, 6.45) is 1.87. The third-order valence-corrected chi connectivity index (χ3v) is 1.35. The number of aromatic nitrogens is 1. The van der Waals surface area contributed by atoms with Crippen molar-refractivity contribution in [3.63, 3.8) is 0 Å². The highest BCUT2D eigenvalue weighted by Gasteiger charge is 1.99. The first kappa shape index (κ1) is 7.75. The first-order valence-corrected chi connectivity index (χ1v) is 3.23. The summed E-state index contributed by atoms with van der Waals surface area (Å²) < 4.78 is 1.19. The van der Waals surface area contributed by atoms with E-state index in [0.717, 1.165) is 0 Å². The number of aliphatic hydroxyl groups excluding tert-OH is 1. The summed E-state index contributed by atoms with van der Waals surface area (Å²) in [5, 5.41) is 9.16. The van der Waals surface area contributed by atoms with Crippen molar-refractivity contribution >= 4 is 0 Å². The molecular formula is C8H9NO2. The fourth-order valence-corrected chi connectivity index (χ4v) is 0.772. The van der Waals surface area contributed by atoms with E-state index < -0.39 is 6.23 Å². The van der Waals surface area contributed by atoms with Crippen molar-refractivity contribution in [1.29, 1.82) is 0 Å². The quantitative estimate of drug-likeness (QED) is 0.626. The number of hydrogen-bond donors (Lipinski definition) is 1. The number of aliphatic hydroxyl groups is 1. The number of hydrogen-bond acceptors (Lipinski definition) is 2. The lowest BCUT2D eigenvalue weighted by molar-refractivity contribution is 0.151. The van der Waals surface area contributed by atoms with Gasteiger partial charge >= 0.3 is 0 Å². The topological polar surface area (TPSA) is 42.2 Å². The summed E-state index contributed by atoms with van der Waals surface area (Å²) in [4.78, 5) is 11.0. The van der Waals surface area contributed by atoms with Crippen LogP contribution in [0, 0.1) is 0 Å². The minimum absolute atomic E-state index is 0.236. The first-order chi connectivity index (χ1) is 5.25. The third-order valence-electron chi connectivity index (χ3n) is 1.35. The molecule has 0 saturated carbocycles. The van der Waals surface area contributed by atoms with Gasteiger partial charge in [0.05, 0.1) is 0 Å². The zero-order valence-electron chi connectivity index (χ0n) is 5.97. The van der Waals surface area contributed by atoms with Crippen molar-refractivity contribution in [1.82, 2.24) is 4.57 Å². The summed E-state index contributed by atoms with van der Waals surface area (Å²) in [5.74, 6) is 0. The van der Waals surface area contributed by atoms with E-state index >= 15 is 0 Å². The highest BCUT2D eigenvalue weighted by atomic mass is 16.3. The van der Waals surface area contributed by atoms with Gasteiger partial charge in [0.2, 0.25) is 0 Å². The molecule has 0 saturated heterocycles. The Labute approximate surface area is 64.2 Å². The minimum Gasteiger partial charge on any atom is -0.369 e. The third kappa shape index (κ3) is 1.56. The van der Waals surface area contributed by atoms with E-state index in [1.807, 2.05) is 0 Å². The lowest BCUT2D eigenvalue weighted by Gasteiger charge is -2.07. The molecule has 0 aromatic carbocycles. The van der Waals surface area contributed by atoms with Gasteiger partial charge in [0.1, 0.15) is 0 Å². The van der Waals surface area contributed by atoms with Crippen LogP contribution >= 0.6 is 0 Å². The summed E-state index contributed by atoms with van der Waals surface area (Å²) in [6.45, 7) is 3.37. The van der Waals surface area contributed by atoms with Crippen LogP contribution in [-0.2, 0) is 0 Å². The Hall–Kier alpha value is -1.35. The molecule has 11 heavy (non-hydrogen) atoms. The lowest BCUT2D eigenvalue weighted by atomic mass is 10.4. The SMILES string of the molecule is C=CC(O)n1ccccc1=O. The summed E-state index contributed by atoms with van der Waals surface area (Å²) in [5.41, 5.74) is -0.236. The predicted molar refractivity (Wildman–Crippen MR) is 42.2 cm³/mol. The molecule has 1 aromatic heterocycles. The van der Waals surface area contributed by atoms with E-state index in [0.29, 0.717) is 0 Å². The van der Waals surface area contributed by atoms with E-state index in [4.69, 9.17) is 5.11 Å². The van der Waals surface area contributed by atoms with E-state index in [9.17, 15) is 4.79 Å². The van der Waals surface area contributed by atoms with Gasteiger partial charge in [-0.15, -0.1) is 0 Å². The van der Waals surface area contributed by atoms with Gasteiger partial charge in [-0.3, -0.25) is 9.36 Å². The van der Waals surface area contributed by atoms with Gasteiger partial charge in [-0.05, 0) is 12.1 Å². The van der Waals surface area contributed by atoms with Crippen molar-refractivity contribution in [2.45, 2.75) is 6.23 Å². The highest BCUT2D eigenvalue weighted by Crippen LogP contribution is 1.96. The fraction of sp³-hybridized carbons (Fsp3) is 0.125. The molecule has 3 heteroatoms. The normalized spacial score (nSPS) is 12.5. The number of pyridine rings is 1. The van der Waals surface area contributed by atoms with Crippen LogP contribution in [0.4, 0.5) is 0 Å². The molecular weight excluding hydrogens is 142 g/mol. The van der Waals surface area contributed by atoms with Crippen LogP contribution in [0.5, 0.6) is 0 Å². The Morgan fingerprint density at radius 1 is 1.64 bits per heavy atom. The van der Waals surface area contributed by atoms with Gasteiger partial charge in [0.25, 0.3) is 5.56 Å². The Morgan fingerprint density at radius 2 is 2.36 bits per heavy atom. The van der Waals surface area contributed by atoms with Crippen LogP contribution in [0.15, 0.2) is 41.8 Å². The maximum Gasteiger partial charge on any atom is 0.252 e. The number of nitrogens with zero attached hydrogens (tertiary/aromatic N) is 1. The van der Waals surface area contributed by atoms with Gasteiger partial charge in [-0.2, -0.15) is 0 Å². The van der Waals surface area contributed by atoms with Gasteiger partial charge in [0.15, 0.2) is 6.23 Å². The fourth-order valence-electron chi connectivity index (χ4n) is 0.772. The van der Waals surface area contributed by atoms with Gasteiger partial charge in [-0.1, -0.05) is 12.6 Å². The molecule has 1 rings (SSSR count). The maximum absolute atomic E-state index is 11.0. The second-order valence-corrected chi connectivity index (χ2v) is 2.10. The minimum atomic E-state index is -0.927. The van der Waals surface area contributed by atoms with E-state index in [1.165, 1.54) is 22.9 Å². The van der Waals surface area contributed by atoms with E-state index in [2.05, 4.69) is 6.58 Å². The van der Waals surface area contributed by atoms with Crippen molar-refractivity contribution in [3.05, 3.63) is 47.4 Å². The first-order valence-electron chi connectivity index (χ1n) is 3.23. The zero-order valence-corrected chi connectivity index (χ0v) is 5.97. The van der Waals surface area contributed by atoms with Gasteiger partial charge < -0.3 is 5.11 Å². The van der Waals surface area contributed by atoms with Crippen molar-refractivity contribution < 1.29 is 5.11 Å². The standard InChI is InChI=1S/C8H9NO2/c1-2-7(10)9-6-4-3-5-8(9)11/h2-7,10H,1H2. The van der Waals surface area contributed by atoms with Crippen molar-refractivity contribution in [2.24, 2.45) is 0 Å². The van der Waals surface area contributed by atoms with E-state index in [1.54, 1.807) is 12.1 Å². The lowest BCUT2D eigenvalue weighted by Crippen LogP contribution is -2.21. The number of rotatable bonds is 2. The molecule has 0 aliphatic carbocycles. The molecule has 0 aliphatic heterocycles. The monoisotopic (exact) mass is 151 g/mol. The molecule has 0 bridgehead atoms. The Bertz CT molecular complexity index is 303. The van der Waals surface area contributed by atoms with Crippen LogP contribution in [0.2, 0.25) is 0 Å². The Balaban J connectivity index is 3.13. The smallest absolute Gasteiger partial charge is 0.252 e. The Kier molecular flexibility index (Phi) is 2.23. The molecule has 0 aliphatic rings. The molecule has 0 spiro atoms. The molecule has 0 amide bonds. The van der Waals surface area contributed by atoms with Gasteiger partial charge in [0, 0.05) is 12.3 Å². The van der Waals surface area contributed by atoms with Gasteiger partial charge in [-0.25, -0.2) is 0 Å². The molecule has 1 unspecified atom stereocenters. The average molecular weight is 151 g/mol. The Morgan fingerprint density at radius 3 is 2.91 bits per heavy atom. The van der Waals surface area contributed by atoms with Crippen LogP contribution in [-0.4, -0.2) is 9.67 Å². The summed E-state index contributed by atoms with van der Waals surface area (Å²) >= 11 is 0. The van der Waals surface area contributed by atoms with Crippen LogP contribution < -0.4 is 5.56 Å². The second kappa shape index (κ2) is 3.16. The van der Waals surface area contributed by atoms with Crippen LogP contribution in [0.25, 0.3) is 0 Å². The maximum atomic E-state index is 11.0. The molecule has 1 N–H and O–H groups in total.